The Hall–Kier alpha value is -2.83. The van der Waals surface area contributed by atoms with Crippen LogP contribution in [0.15, 0.2) is 60.4 Å². The lowest BCUT2D eigenvalue weighted by Crippen LogP contribution is -2.36. The number of benzene rings is 2. The number of hydrogen-bond acceptors (Lipinski definition) is 6. The molecule has 1 heterocycles. The smallest absolute Gasteiger partial charge is 0.306 e. The minimum atomic E-state index is -0.211. The van der Waals surface area contributed by atoms with Crippen molar-refractivity contribution in [1.29, 1.82) is 0 Å². The first-order valence-corrected chi connectivity index (χ1v) is 10.5. The molecule has 0 aliphatic carbocycles. The molecule has 2 aromatic carbocycles. The number of nitrogens with one attached hydrogen (secondary N) is 2. The molecule has 1 atom stereocenters. The van der Waals surface area contributed by atoms with Crippen LogP contribution in [0.3, 0.4) is 0 Å². The van der Waals surface area contributed by atoms with Gasteiger partial charge in [0.15, 0.2) is 0 Å². The van der Waals surface area contributed by atoms with Crippen LogP contribution in [-0.2, 0) is 22.7 Å². The number of esters is 1. The number of aryl methyl sites for hydroxylation is 1. The highest BCUT2D eigenvalue weighted by Crippen LogP contribution is 2.29. The van der Waals surface area contributed by atoms with Gasteiger partial charge in [-0.3, -0.25) is 9.80 Å². The molecule has 3 N–H and O–H groups in total. The van der Waals surface area contributed by atoms with Gasteiger partial charge in [0, 0.05) is 18.4 Å². The van der Waals surface area contributed by atoms with Gasteiger partial charge in [0.05, 0.1) is 13.0 Å². The van der Waals surface area contributed by atoms with Crippen molar-refractivity contribution < 1.29 is 14.6 Å². The largest absolute Gasteiger partial charge is 0.461 e. The predicted molar refractivity (Wildman–Crippen MR) is 117 cm³/mol. The van der Waals surface area contributed by atoms with Crippen LogP contribution in [0, 0.1) is 6.92 Å². The highest BCUT2D eigenvalue weighted by molar-refractivity contribution is 5.70. The van der Waals surface area contributed by atoms with Gasteiger partial charge < -0.3 is 15.3 Å². The van der Waals surface area contributed by atoms with Crippen LogP contribution < -0.4 is 11.0 Å². The fraction of sp³-hybridized carbons (Fsp3) is 0.375. The summed E-state index contributed by atoms with van der Waals surface area (Å²) in [4.78, 5) is 12.6. The van der Waals surface area contributed by atoms with Crippen LogP contribution in [0.4, 0.5) is 0 Å². The van der Waals surface area contributed by atoms with E-state index in [9.17, 15) is 9.90 Å². The number of aliphatic hydroxyl groups excluding tert-OH is 1. The highest BCUT2D eigenvalue weighted by atomic mass is 16.5. The number of ether oxygens (including phenoxy) is 1. The summed E-state index contributed by atoms with van der Waals surface area (Å²) < 4.78 is 5.53. The van der Waals surface area contributed by atoms with Gasteiger partial charge in [0.1, 0.15) is 6.61 Å². The second kappa shape index (κ2) is 10.8. The SMILES string of the molecule is CCN1C=C(CCC(CC(=O)OCc2ccccc2)c2ccc(C)c(CO)c2)NN1. The van der Waals surface area contributed by atoms with Crippen LogP contribution in [0.25, 0.3) is 0 Å². The van der Waals surface area contributed by atoms with E-state index in [2.05, 4.69) is 30.2 Å². The summed E-state index contributed by atoms with van der Waals surface area (Å²) in [6.45, 7) is 5.19. The van der Waals surface area contributed by atoms with Gasteiger partial charge in [-0.2, -0.15) is 0 Å². The average molecular weight is 410 g/mol. The van der Waals surface area contributed by atoms with E-state index in [1.54, 1.807) is 0 Å². The molecule has 3 rings (SSSR count). The molecule has 6 heteroatoms. The van der Waals surface area contributed by atoms with E-state index in [1.807, 2.05) is 54.4 Å². The molecule has 2 aromatic rings. The Morgan fingerprint density at radius 2 is 2.00 bits per heavy atom. The third-order valence-electron chi connectivity index (χ3n) is 5.45. The van der Waals surface area contributed by atoms with E-state index in [0.717, 1.165) is 47.3 Å². The Kier molecular flexibility index (Phi) is 7.88. The van der Waals surface area contributed by atoms with Gasteiger partial charge in [0.25, 0.3) is 0 Å². The zero-order chi connectivity index (χ0) is 21.3. The highest BCUT2D eigenvalue weighted by Gasteiger charge is 2.20. The molecule has 160 valence electrons. The maximum atomic E-state index is 12.6. The lowest BCUT2D eigenvalue weighted by atomic mass is 9.88. The fourth-order valence-electron chi connectivity index (χ4n) is 3.52. The van der Waals surface area contributed by atoms with Crippen LogP contribution in [0.2, 0.25) is 0 Å². The second-order valence-electron chi connectivity index (χ2n) is 7.61. The first kappa shape index (κ1) is 21.9. The molecular formula is C24H31N3O3. The lowest BCUT2D eigenvalue weighted by molar-refractivity contribution is -0.145. The van der Waals surface area contributed by atoms with Crippen molar-refractivity contribution in [2.24, 2.45) is 0 Å². The van der Waals surface area contributed by atoms with E-state index in [1.165, 1.54) is 0 Å². The quantitative estimate of drug-likeness (QED) is 0.520. The van der Waals surface area contributed by atoms with Gasteiger partial charge >= 0.3 is 5.97 Å². The average Bonchev–Trinajstić information content (AvgIpc) is 3.24. The Balaban J connectivity index is 1.67. The van der Waals surface area contributed by atoms with Crippen molar-refractivity contribution in [2.45, 2.75) is 52.2 Å². The molecule has 0 bridgehead atoms. The van der Waals surface area contributed by atoms with E-state index in [-0.39, 0.29) is 25.1 Å². The molecule has 0 radical (unpaired) electrons. The molecule has 0 saturated heterocycles. The van der Waals surface area contributed by atoms with Gasteiger partial charge in [-0.1, -0.05) is 48.5 Å². The predicted octanol–water partition coefficient (Wildman–Crippen LogP) is 3.67. The van der Waals surface area contributed by atoms with Gasteiger partial charge in [-0.25, -0.2) is 0 Å². The van der Waals surface area contributed by atoms with E-state index in [0.29, 0.717) is 6.42 Å². The zero-order valence-corrected chi connectivity index (χ0v) is 17.7. The maximum Gasteiger partial charge on any atom is 0.306 e. The first-order valence-electron chi connectivity index (χ1n) is 10.5. The minimum absolute atomic E-state index is 0.00701. The molecule has 0 spiro atoms. The van der Waals surface area contributed by atoms with Crippen molar-refractivity contribution in [1.82, 2.24) is 16.0 Å². The van der Waals surface area contributed by atoms with Crippen LogP contribution in [0.1, 0.15) is 54.4 Å². The molecule has 30 heavy (non-hydrogen) atoms. The van der Waals surface area contributed by atoms with Crippen molar-refractivity contribution in [3.8, 4) is 0 Å². The Bertz CT molecular complexity index is 867. The maximum absolute atomic E-state index is 12.6. The summed E-state index contributed by atoms with van der Waals surface area (Å²) in [6.07, 6.45) is 3.97. The standard InChI is InChI=1S/C24H31N3O3/c1-3-27-15-23(25-26-27)12-11-21(20-10-9-18(2)22(13-20)16-28)14-24(29)30-17-19-7-5-4-6-8-19/h4-10,13,15,21,25-26,28H,3,11-12,14,16-17H2,1-2H3. The molecule has 0 aromatic heterocycles. The molecule has 0 fully saturated rings. The first-order chi connectivity index (χ1) is 14.6. The van der Waals surface area contributed by atoms with Crippen molar-refractivity contribution in [3.63, 3.8) is 0 Å². The lowest BCUT2D eigenvalue weighted by Gasteiger charge is -2.19. The van der Waals surface area contributed by atoms with E-state index in [4.69, 9.17) is 4.74 Å². The third kappa shape index (κ3) is 6.08. The monoisotopic (exact) mass is 409 g/mol. The molecule has 1 aliphatic rings. The zero-order valence-electron chi connectivity index (χ0n) is 17.7. The van der Waals surface area contributed by atoms with Gasteiger partial charge in [-0.05, 0) is 54.9 Å². The molecule has 6 nitrogen and oxygen atoms in total. The fourth-order valence-corrected chi connectivity index (χ4v) is 3.52. The summed E-state index contributed by atoms with van der Waals surface area (Å²) in [5, 5.41) is 11.6. The number of hydrazine groups is 2. The van der Waals surface area contributed by atoms with Crippen molar-refractivity contribution in [3.05, 3.63) is 82.7 Å². The number of carbonyl (C=O) groups excluding carboxylic acids is 1. The minimum Gasteiger partial charge on any atom is -0.461 e. The van der Waals surface area contributed by atoms with E-state index < -0.39 is 0 Å². The number of nitrogens with zero attached hydrogens (tertiary/aromatic N) is 1. The normalized spacial score (nSPS) is 14.2. The molecule has 1 unspecified atom stereocenters. The summed E-state index contributed by atoms with van der Waals surface area (Å²) in [5.74, 6) is -0.200. The summed E-state index contributed by atoms with van der Waals surface area (Å²) >= 11 is 0. The van der Waals surface area contributed by atoms with Crippen LogP contribution in [0.5, 0.6) is 0 Å². The Morgan fingerprint density at radius 1 is 1.20 bits per heavy atom. The Labute approximate surface area is 178 Å². The topological polar surface area (TPSA) is 73.8 Å². The van der Waals surface area contributed by atoms with Crippen molar-refractivity contribution in [2.75, 3.05) is 6.54 Å². The molecule has 1 aliphatic heterocycles. The number of rotatable bonds is 10. The third-order valence-corrected chi connectivity index (χ3v) is 5.45. The molecule has 0 saturated carbocycles. The summed E-state index contributed by atoms with van der Waals surface area (Å²) in [6, 6.07) is 15.8. The van der Waals surface area contributed by atoms with Gasteiger partial charge in [-0.15, -0.1) is 5.53 Å². The number of carbonyl (C=O) groups is 1. The Morgan fingerprint density at radius 3 is 2.70 bits per heavy atom. The van der Waals surface area contributed by atoms with E-state index >= 15 is 0 Å². The number of hydrogen-bond donors (Lipinski definition) is 3. The van der Waals surface area contributed by atoms with Crippen LogP contribution >= 0.6 is 0 Å². The molecular weight excluding hydrogens is 378 g/mol. The molecule has 0 amide bonds. The summed E-state index contributed by atoms with van der Waals surface area (Å²) in [7, 11) is 0. The number of aliphatic hydroxyl groups is 1. The van der Waals surface area contributed by atoms with Gasteiger partial charge in [0.2, 0.25) is 0 Å². The van der Waals surface area contributed by atoms with Crippen molar-refractivity contribution >= 4 is 5.97 Å². The number of allylic oxidation sites excluding steroid dienone is 1. The summed E-state index contributed by atoms with van der Waals surface area (Å²) in [5.41, 5.74) is 11.3. The van der Waals surface area contributed by atoms with Crippen LogP contribution in [-0.4, -0.2) is 22.6 Å². The second-order valence-corrected chi connectivity index (χ2v) is 7.61.